The van der Waals surface area contributed by atoms with E-state index < -0.39 is 17.4 Å². The Morgan fingerprint density at radius 2 is 1.67 bits per heavy atom. The van der Waals surface area contributed by atoms with Gasteiger partial charge in [0.05, 0.1) is 13.2 Å². The molecule has 0 bridgehead atoms. The van der Waals surface area contributed by atoms with Crippen LogP contribution in [0, 0.1) is 0 Å². The lowest BCUT2D eigenvalue weighted by Crippen LogP contribution is -2.50. The summed E-state index contributed by atoms with van der Waals surface area (Å²) in [5.41, 5.74) is 1.52. The lowest BCUT2D eigenvalue weighted by atomic mass is 9.67. The maximum Gasteiger partial charge on any atom is 0.573 e. The third kappa shape index (κ3) is 4.14. The fraction of sp³-hybridized carbons (Fsp3) is 0.321. The van der Waals surface area contributed by atoms with Crippen LogP contribution < -0.4 is 19.1 Å². The standard InChI is InChI=1S/C28H26F3NO4/c1-4-34-20-13-14-22-24(15-20)36-26(2,3)17-27(22)21-7-5-6-8-23(21)32(25(27)33)16-18-9-11-19(12-10-18)35-28(29,30)31/h5-15H,4,16-17H2,1-3H3. The van der Waals surface area contributed by atoms with Crippen LogP contribution >= 0.6 is 0 Å². The van der Waals surface area contributed by atoms with Crippen molar-refractivity contribution in [3.63, 3.8) is 0 Å². The molecule has 2 heterocycles. The van der Waals surface area contributed by atoms with Crippen LogP contribution in [0.15, 0.2) is 66.7 Å². The van der Waals surface area contributed by atoms with E-state index in [2.05, 4.69) is 4.74 Å². The predicted octanol–water partition coefficient (Wildman–Crippen LogP) is 6.38. The first-order valence-corrected chi connectivity index (χ1v) is 11.7. The summed E-state index contributed by atoms with van der Waals surface area (Å²) in [5, 5.41) is 0. The predicted molar refractivity (Wildman–Crippen MR) is 128 cm³/mol. The van der Waals surface area contributed by atoms with Gasteiger partial charge in [0.2, 0.25) is 5.91 Å². The highest BCUT2D eigenvalue weighted by Crippen LogP contribution is 2.56. The number of carbonyl (C=O) groups excluding carboxylic acids is 1. The van der Waals surface area contributed by atoms with Crippen molar-refractivity contribution in [1.82, 2.24) is 0 Å². The second kappa shape index (κ2) is 8.47. The number of fused-ring (bicyclic) bond motifs is 4. The number of anilines is 1. The Labute approximate surface area is 207 Å². The number of nitrogens with zero attached hydrogens (tertiary/aromatic N) is 1. The van der Waals surface area contributed by atoms with Crippen molar-refractivity contribution in [1.29, 1.82) is 0 Å². The van der Waals surface area contributed by atoms with Gasteiger partial charge in [-0.05, 0) is 56.2 Å². The first-order valence-electron chi connectivity index (χ1n) is 11.7. The molecule has 1 spiro atoms. The molecule has 0 saturated carbocycles. The highest BCUT2D eigenvalue weighted by molar-refractivity contribution is 6.11. The quantitative estimate of drug-likeness (QED) is 0.411. The lowest BCUT2D eigenvalue weighted by molar-refractivity contribution is -0.274. The van der Waals surface area contributed by atoms with Crippen LogP contribution in [-0.2, 0) is 16.8 Å². The highest BCUT2D eigenvalue weighted by atomic mass is 19.4. The van der Waals surface area contributed by atoms with Gasteiger partial charge >= 0.3 is 6.36 Å². The fourth-order valence-corrected chi connectivity index (χ4v) is 5.36. The summed E-state index contributed by atoms with van der Waals surface area (Å²) < 4.78 is 53.6. The molecule has 2 aliphatic rings. The smallest absolute Gasteiger partial charge is 0.494 e. The van der Waals surface area contributed by atoms with Crippen LogP contribution in [-0.4, -0.2) is 24.5 Å². The second-order valence-corrected chi connectivity index (χ2v) is 9.64. The average Bonchev–Trinajstić information content (AvgIpc) is 3.02. The van der Waals surface area contributed by atoms with E-state index in [-0.39, 0.29) is 18.2 Å². The van der Waals surface area contributed by atoms with Gasteiger partial charge in [0.15, 0.2) is 0 Å². The van der Waals surface area contributed by atoms with Gasteiger partial charge < -0.3 is 19.1 Å². The molecule has 0 radical (unpaired) electrons. The van der Waals surface area contributed by atoms with Crippen LogP contribution in [0.4, 0.5) is 18.9 Å². The van der Waals surface area contributed by atoms with Crippen molar-refractivity contribution in [3.05, 3.63) is 83.4 Å². The van der Waals surface area contributed by atoms with Gasteiger partial charge in [-0.15, -0.1) is 13.2 Å². The summed E-state index contributed by atoms with van der Waals surface area (Å²) in [6.45, 7) is 6.54. The zero-order valence-corrected chi connectivity index (χ0v) is 20.2. The number of amides is 1. The van der Waals surface area contributed by atoms with Gasteiger partial charge in [0, 0.05) is 23.7 Å². The van der Waals surface area contributed by atoms with E-state index in [0.29, 0.717) is 30.1 Å². The number of alkyl halides is 3. The molecule has 1 unspecified atom stereocenters. The van der Waals surface area contributed by atoms with E-state index in [0.717, 1.165) is 16.8 Å². The monoisotopic (exact) mass is 497 g/mol. The van der Waals surface area contributed by atoms with Crippen molar-refractivity contribution in [2.24, 2.45) is 0 Å². The maximum absolute atomic E-state index is 14.3. The number of ether oxygens (including phenoxy) is 3. The molecule has 5 nitrogen and oxygen atoms in total. The minimum absolute atomic E-state index is 0.0962. The van der Waals surface area contributed by atoms with Gasteiger partial charge in [0.1, 0.15) is 28.3 Å². The van der Waals surface area contributed by atoms with Crippen molar-refractivity contribution < 1.29 is 32.2 Å². The minimum Gasteiger partial charge on any atom is -0.494 e. The topological polar surface area (TPSA) is 48.0 Å². The molecule has 2 aliphatic heterocycles. The number of benzene rings is 3. The zero-order chi connectivity index (χ0) is 25.7. The Morgan fingerprint density at radius 1 is 0.972 bits per heavy atom. The number of hydrogen-bond acceptors (Lipinski definition) is 4. The number of carbonyl (C=O) groups is 1. The first kappa shape index (κ1) is 24.0. The van der Waals surface area contributed by atoms with Gasteiger partial charge in [-0.25, -0.2) is 0 Å². The lowest BCUT2D eigenvalue weighted by Gasteiger charge is -2.43. The van der Waals surface area contributed by atoms with Gasteiger partial charge in [-0.3, -0.25) is 4.79 Å². The number of hydrogen-bond donors (Lipinski definition) is 0. The second-order valence-electron chi connectivity index (χ2n) is 9.64. The van der Waals surface area contributed by atoms with E-state index in [1.165, 1.54) is 24.3 Å². The average molecular weight is 498 g/mol. The number of para-hydroxylation sites is 1. The van der Waals surface area contributed by atoms with Crippen molar-refractivity contribution >= 4 is 11.6 Å². The van der Waals surface area contributed by atoms with E-state index in [9.17, 15) is 18.0 Å². The first-order chi connectivity index (χ1) is 17.0. The van der Waals surface area contributed by atoms with E-state index in [1.807, 2.05) is 63.2 Å². The summed E-state index contributed by atoms with van der Waals surface area (Å²) in [6.07, 6.45) is -4.32. The summed E-state index contributed by atoms with van der Waals surface area (Å²) in [4.78, 5) is 16.0. The van der Waals surface area contributed by atoms with E-state index in [1.54, 1.807) is 4.90 Å². The molecule has 0 aromatic heterocycles. The molecule has 1 atom stereocenters. The molecule has 0 saturated heterocycles. The normalized spacial score (nSPS) is 20.1. The Morgan fingerprint density at radius 3 is 2.36 bits per heavy atom. The molecular formula is C28H26F3NO4. The Hall–Kier alpha value is -3.68. The highest BCUT2D eigenvalue weighted by Gasteiger charge is 2.58. The minimum atomic E-state index is -4.76. The molecule has 3 aromatic carbocycles. The molecule has 5 rings (SSSR count). The summed E-state index contributed by atoms with van der Waals surface area (Å²) in [6, 6.07) is 18.8. The summed E-state index contributed by atoms with van der Waals surface area (Å²) in [7, 11) is 0. The van der Waals surface area contributed by atoms with Gasteiger partial charge in [0.25, 0.3) is 0 Å². The Balaban J connectivity index is 1.56. The van der Waals surface area contributed by atoms with Crippen molar-refractivity contribution in [2.45, 2.75) is 51.1 Å². The van der Waals surface area contributed by atoms with Crippen LogP contribution in [0.3, 0.4) is 0 Å². The molecule has 188 valence electrons. The van der Waals surface area contributed by atoms with Crippen molar-refractivity contribution in [3.8, 4) is 17.2 Å². The molecule has 0 N–H and O–H groups in total. The van der Waals surface area contributed by atoms with Crippen LogP contribution in [0.2, 0.25) is 0 Å². The summed E-state index contributed by atoms with van der Waals surface area (Å²) in [5.74, 6) is 0.874. The van der Waals surface area contributed by atoms with Crippen LogP contribution in [0.5, 0.6) is 17.2 Å². The van der Waals surface area contributed by atoms with Gasteiger partial charge in [-0.1, -0.05) is 36.4 Å². The van der Waals surface area contributed by atoms with Gasteiger partial charge in [-0.2, -0.15) is 0 Å². The number of halogens is 3. The molecule has 0 fully saturated rings. The zero-order valence-electron chi connectivity index (χ0n) is 20.2. The largest absolute Gasteiger partial charge is 0.573 e. The van der Waals surface area contributed by atoms with Crippen LogP contribution in [0.1, 0.15) is 43.9 Å². The third-order valence-electron chi connectivity index (χ3n) is 6.56. The molecule has 36 heavy (non-hydrogen) atoms. The third-order valence-corrected chi connectivity index (χ3v) is 6.56. The number of rotatable bonds is 5. The van der Waals surface area contributed by atoms with Crippen molar-refractivity contribution in [2.75, 3.05) is 11.5 Å². The van der Waals surface area contributed by atoms with E-state index >= 15 is 0 Å². The van der Waals surface area contributed by atoms with E-state index in [4.69, 9.17) is 9.47 Å². The molecule has 1 amide bonds. The Kier molecular flexibility index (Phi) is 5.65. The van der Waals surface area contributed by atoms with Crippen LogP contribution in [0.25, 0.3) is 0 Å². The molecular weight excluding hydrogens is 471 g/mol. The molecule has 8 heteroatoms. The SMILES string of the molecule is CCOc1ccc2c(c1)OC(C)(C)CC21C(=O)N(Cc2ccc(OC(F)(F)F)cc2)c2ccccc21. The fourth-order valence-electron chi connectivity index (χ4n) is 5.36. The molecule has 3 aromatic rings. The Bertz CT molecular complexity index is 1300. The summed E-state index contributed by atoms with van der Waals surface area (Å²) >= 11 is 0. The molecule has 0 aliphatic carbocycles. The maximum atomic E-state index is 14.3.